The predicted octanol–water partition coefficient (Wildman–Crippen LogP) is 0.122. The molecule has 0 aliphatic heterocycles. The minimum Gasteiger partial charge on any atom is -0.477 e. The number of methoxy groups -OCH3 is 1. The molecule has 1 heterocycles. The Labute approximate surface area is 114 Å². The van der Waals surface area contributed by atoms with Crippen LogP contribution in [-0.2, 0) is 14.8 Å². The van der Waals surface area contributed by atoms with Gasteiger partial charge in [0, 0.05) is 19.0 Å². The van der Waals surface area contributed by atoms with Gasteiger partial charge in [0.15, 0.2) is 0 Å². The van der Waals surface area contributed by atoms with E-state index in [1.165, 1.54) is 12.5 Å². The van der Waals surface area contributed by atoms with Gasteiger partial charge < -0.3 is 14.9 Å². The number of thiophene rings is 1. The number of carbonyl (C=O) groups is 1. The van der Waals surface area contributed by atoms with Crippen LogP contribution in [0.5, 0.6) is 0 Å². The third-order valence-corrected chi connectivity index (χ3v) is 4.73. The van der Waals surface area contributed by atoms with Gasteiger partial charge in [0.2, 0.25) is 10.0 Å². The lowest BCUT2D eigenvalue weighted by molar-refractivity contribution is 0.0603. The molecule has 0 radical (unpaired) electrons. The van der Waals surface area contributed by atoms with Crippen LogP contribution in [0, 0.1) is 0 Å². The molecule has 1 aromatic rings. The Morgan fingerprint density at radius 2 is 2.26 bits per heavy atom. The van der Waals surface area contributed by atoms with Gasteiger partial charge >= 0.3 is 5.97 Å². The van der Waals surface area contributed by atoms with Gasteiger partial charge in [-0.25, -0.2) is 17.9 Å². The van der Waals surface area contributed by atoms with Crippen LogP contribution < -0.4 is 4.72 Å². The Hall–Kier alpha value is -1.00. The highest BCUT2D eigenvalue weighted by Crippen LogP contribution is 2.19. The van der Waals surface area contributed by atoms with Crippen LogP contribution in [0.1, 0.15) is 16.1 Å². The van der Waals surface area contributed by atoms with E-state index in [-0.39, 0.29) is 29.3 Å². The molecule has 3 N–H and O–H groups in total. The number of ether oxygens (including phenoxy) is 1. The van der Waals surface area contributed by atoms with Crippen molar-refractivity contribution in [2.45, 2.75) is 17.4 Å². The molecule has 1 aromatic heterocycles. The highest BCUT2D eigenvalue weighted by atomic mass is 32.2. The molecule has 1 unspecified atom stereocenters. The van der Waals surface area contributed by atoms with E-state index < -0.39 is 22.1 Å². The monoisotopic (exact) mass is 309 g/mol. The second-order valence-electron chi connectivity index (χ2n) is 3.75. The number of nitrogens with one attached hydrogen (secondary N) is 1. The number of carboxylic acid groups (broad SMARTS) is 1. The number of hydrogen-bond donors (Lipinski definition) is 3. The number of sulfonamides is 1. The molecule has 0 fully saturated rings. The maximum atomic E-state index is 11.8. The van der Waals surface area contributed by atoms with Crippen molar-refractivity contribution in [2.75, 3.05) is 20.3 Å². The highest BCUT2D eigenvalue weighted by molar-refractivity contribution is 7.89. The van der Waals surface area contributed by atoms with E-state index in [0.717, 1.165) is 17.4 Å². The average Bonchev–Trinajstić information content (AvgIpc) is 2.79. The Kier molecular flexibility index (Phi) is 5.88. The van der Waals surface area contributed by atoms with E-state index in [4.69, 9.17) is 9.84 Å². The molecule has 19 heavy (non-hydrogen) atoms. The number of carboxylic acids is 1. The average molecular weight is 309 g/mol. The molecule has 0 aliphatic rings. The molecule has 0 saturated heterocycles. The Morgan fingerprint density at radius 3 is 2.79 bits per heavy atom. The Morgan fingerprint density at radius 1 is 1.58 bits per heavy atom. The molecule has 7 nitrogen and oxygen atoms in total. The third kappa shape index (κ3) is 4.88. The maximum absolute atomic E-state index is 11.8. The third-order valence-electron chi connectivity index (χ3n) is 2.23. The smallest absolute Gasteiger partial charge is 0.345 e. The van der Waals surface area contributed by atoms with E-state index in [2.05, 4.69) is 4.72 Å². The first-order chi connectivity index (χ1) is 8.86. The first kappa shape index (κ1) is 16.1. The van der Waals surface area contributed by atoms with Crippen LogP contribution in [-0.4, -0.2) is 51.0 Å². The first-order valence-corrected chi connectivity index (χ1v) is 7.71. The summed E-state index contributed by atoms with van der Waals surface area (Å²) in [5.41, 5.74) is 0. The zero-order valence-corrected chi connectivity index (χ0v) is 11.8. The standard InChI is InChI=1S/C10H15NO6S2/c1-17-5-7(12)2-3-11-19(15,16)8-4-9(10(13)14)18-6-8/h4,6-7,11-12H,2-3,5H2,1H3,(H,13,14). The lowest BCUT2D eigenvalue weighted by Crippen LogP contribution is -2.28. The van der Waals surface area contributed by atoms with Crippen LogP contribution in [0.2, 0.25) is 0 Å². The Balaban J connectivity index is 2.58. The summed E-state index contributed by atoms with van der Waals surface area (Å²) in [6.07, 6.45) is -0.534. The normalized spacial score (nSPS) is 13.4. The second kappa shape index (κ2) is 6.96. The fourth-order valence-electron chi connectivity index (χ4n) is 1.29. The van der Waals surface area contributed by atoms with Gasteiger partial charge in [-0.3, -0.25) is 0 Å². The summed E-state index contributed by atoms with van der Waals surface area (Å²) in [6, 6.07) is 1.10. The summed E-state index contributed by atoms with van der Waals surface area (Å²) in [5, 5.41) is 19.3. The molecule has 1 atom stereocenters. The van der Waals surface area contributed by atoms with Crippen molar-refractivity contribution in [3.05, 3.63) is 16.3 Å². The number of aliphatic hydroxyl groups excluding tert-OH is 1. The fourth-order valence-corrected chi connectivity index (χ4v) is 3.45. The summed E-state index contributed by atoms with van der Waals surface area (Å²) < 4.78 is 30.6. The predicted molar refractivity (Wildman–Crippen MR) is 69.0 cm³/mol. The van der Waals surface area contributed by atoms with Crippen LogP contribution in [0.4, 0.5) is 0 Å². The van der Waals surface area contributed by atoms with Crippen LogP contribution in [0.15, 0.2) is 16.3 Å². The number of aromatic carboxylic acids is 1. The summed E-state index contributed by atoms with van der Waals surface area (Å²) in [7, 11) is -2.30. The zero-order valence-electron chi connectivity index (χ0n) is 10.2. The van der Waals surface area contributed by atoms with Crippen molar-refractivity contribution in [1.82, 2.24) is 4.72 Å². The van der Waals surface area contributed by atoms with Gasteiger partial charge in [-0.15, -0.1) is 11.3 Å². The summed E-state index contributed by atoms with van der Waals surface area (Å²) in [6.45, 7) is 0.175. The van der Waals surface area contributed by atoms with Gasteiger partial charge in [0.1, 0.15) is 4.88 Å². The SMILES string of the molecule is COCC(O)CCNS(=O)(=O)c1csc(C(=O)O)c1. The van der Waals surface area contributed by atoms with Gasteiger partial charge in [-0.2, -0.15) is 0 Å². The molecule has 0 bridgehead atoms. The molecule has 0 saturated carbocycles. The van der Waals surface area contributed by atoms with E-state index in [9.17, 15) is 18.3 Å². The van der Waals surface area contributed by atoms with Crippen molar-refractivity contribution in [2.24, 2.45) is 0 Å². The number of aliphatic hydroxyl groups is 1. The maximum Gasteiger partial charge on any atom is 0.345 e. The van der Waals surface area contributed by atoms with Crippen molar-refractivity contribution in [3.63, 3.8) is 0 Å². The minimum absolute atomic E-state index is 0.0419. The topological polar surface area (TPSA) is 113 Å². The van der Waals surface area contributed by atoms with Gasteiger partial charge in [-0.05, 0) is 12.5 Å². The quantitative estimate of drug-likeness (QED) is 0.629. The fraction of sp³-hybridized carbons (Fsp3) is 0.500. The largest absolute Gasteiger partial charge is 0.477 e. The molecular formula is C10H15NO6S2. The lowest BCUT2D eigenvalue weighted by atomic mass is 10.3. The van der Waals surface area contributed by atoms with Crippen LogP contribution in [0.25, 0.3) is 0 Å². The lowest BCUT2D eigenvalue weighted by Gasteiger charge is -2.09. The number of hydrogen-bond acceptors (Lipinski definition) is 6. The van der Waals surface area contributed by atoms with E-state index in [1.54, 1.807) is 0 Å². The van der Waals surface area contributed by atoms with Gasteiger partial charge in [-0.1, -0.05) is 0 Å². The Bertz CT molecular complexity index is 524. The summed E-state index contributed by atoms with van der Waals surface area (Å²) in [4.78, 5) is 10.5. The molecule has 0 spiro atoms. The molecule has 0 aliphatic carbocycles. The second-order valence-corrected chi connectivity index (χ2v) is 6.43. The molecule has 108 valence electrons. The van der Waals surface area contributed by atoms with Crippen LogP contribution in [0.3, 0.4) is 0 Å². The minimum atomic E-state index is -3.74. The molecule has 0 amide bonds. The van der Waals surface area contributed by atoms with Crippen molar-refractivity contribution in [1.29, 1.82) is 0 Å². The van der Waals surface area contributed by atoms with Crippen molar-refractivity contribution < 1.29 is 28.2 Å². The van der Waals surface area contributed by atoms with Gasteiger partial charge in [0.05, 0.1) is 17.6 Å². The number of rotatable bonds is 8. The van der Waals surface area contributed by atoms with E-state index in [1.807, 2.05) is 0 Å². The molecule has 0 aromatic carbocycles. The summed E-state index contributed by atoms with van der Waals surface area (Å²) >= 11 is 0.844. The summed E-state index contributed by atoms with van der Waals surface area (Å²) in [5.74, 6) is -1.16. The van der Waals surface area contributed by atoms with Crippen molar-refractivity contribution >= 4 is 27.3 Å². The highest BCUT2D eigenvalue weighted by Gasteiger charge is 2.18. The molecule has 1 rings (SSSR count). The van der Waals surface area contributed by atoms with Gasteiger partial charge in [0.25, 0.3) is 0 Å². The van der Waals surface area contributed by atoms with E-state index in [0.29, 0.717) is 0 Å². The zero-order chi connectivity index (χ0) is 14.5. The first-order valence-electron chi connectivity index (χ1n) is 5.35. The van der Waals surface area contributed by atoms with E-state index >= 15 is 0 Å². The van der Waals surface area contributed by atoms with Crippen LogP contribution >= 0.6 is 11.3 Å². The van der Waals surface area contributed by atoms with Crippen molar-refractivity contribution in [3.8, 4) is 0 Å². The molecular weight excluding hydrogens is 294 g/mol. The molecule has 9 heteroatoms.